The molecule has 1 atom stereocenters. The Morgan fingerprint density at radius 3 is 2.53 bits per heavy atom. The molecule has 0 aliphatic heterocycles. The van der Waals surface area contributed by atoms with Crippen LogP contribution in [-0.2, 0) is 32.5 Å². The van der Waals surface area contributed by atoms with Crippen LogP contribution in [0.2, 0.25) is 0 Å². The van der Waals surface area contributed by atoms with Crippen LogP contribution in [0.1, 0.15) is 18.1 Å². The number of phenols is 1. The molecule has 0 heterocycles. The normalized spacial score (nSPS) is 11.7. The van der Waals surface area contributed by atoms with Gasteiger partial charge in [0.2, 0.25) is 21.8 Å². The lowest BCUT2D eigenvalue weighted by molar-refractivity contribution is -0.127. The van der Waals surface area contributed by atoms with Gasteiger partial charge in [-0.15, -0.1) is 0 Å². The van der Waals surface area contributed by atoms with Crippen molar-refractivity contribution in [1.82, 2.24) is 15.4 Å². The minimum absolute atomic E-state index is 0.0575. The summed E-state index contributed by atoms with van der Waals surface area (Å²) in [5.41, 5.74) is 1.25. The maximum Gasteiger partial charge on any atom is 0.243 e. The highest BCUT2D eigenvalue weighted by Gasteiger charge is 2.25. The van der Waals surface area contributed by atoms with Gasteiger partial charge in [-0.25, -0.2) is 13.1 Å². The third-order valence-electron chi connectivity index (χ3n) is 4.42. The molecule has 10 heteroatoms. The summed E-state index contributed by atoms with van der Waals surface area (Å²) in [4.78, 5) is 26.4. The fourth-order valence-corrected chi connectivity index (χ4v) is 4.42. The average molecular weight is 522 g/mol. The first-order valence-corrected chi connectivity index (χ1v) is 12.0. The van der Waals surface area contributed by atoms with E-state index in [4.69, 9.17) is 0 Å². The van der Waals surface area contributed by atoms with Gasteiger partial charge >= 0.3 is 0 Å². The highest BCUT2D eigenvalue weighted by Crippen LogP contribution is 2.23. The van der Waals surface area contributed by atoms with E-state index in [1.807, 2.05) is 30.3 Å². The summed E-state index contributed by atoms with van der Waals surface area (Å²) in [5, 5.41) is 15.0. The summed E-state index contributed by atoms with van der Waals surface area (Å²) >= 11 is 2.92. The summed E-state index contributed by atoms with van der Waals surface area (Å²) < 4.78 is 28.4. The highest BCUT2D eigenvalue weighted by molar-refractivity contribution is 9.12. The van der Waals surface area contributed by atoms with Crippen molar-refractivity contribution in [1.29, 1.82) is 0 Å². The van der Waals surface area contributed by atoms with Gasteiger partial charge in [0, 0.05) is 41.9 Å². The number of carbonyl (C=O) groups excluding carboxylic acids is 2. The van der Waals surface area contributed by atoms with Crippen molar-refractivity contribution in [2.75, 3.05) is 13.1 Å². The Morgan fingerprint density at radius 1 is 1.16 bits per heavy atom. The standard InChI is InChI=1S/C22H24BrN3O5S/c1-16(27)26-20(22(29)24-12-5-11-23)14-18-8-9-19(28)15-21(18)32(30,31)25-13-10-17-6-3-2-4-7-17/h2-4,6-9,15,20,25,28H,10,12-14H2,1H3,(H,24,29)(H,26,27). The molecule has 4 N–H and O–H groups in total. The first-order valence-electron chi connectivity index (χ1n) is 9.71. The number of benzene rings is 2. The van der Waals surface area contributed by atoms with Crippen molar-refractivity contribution in [3.63, 3.8) is 0 Å². The molecule has 0 radical (unpaired) electrons. The van der Waals surface area contributed by atoms with Crippen molar-refractivity contribution in [2.24, 2.45) is 0 Å². The number of hydrogen-bond acceptors (Lipinski definition) is 5. The Balaban J connectivity index is 2.22. The molecule has 2 aromatic carbocycles. The Morgan fingerprint density at radius 2 is 1.88 bits per heavy atom. The Kier molecular flexibility index (Phi) is 9.71. The van der Waals surface area contributed by atoms with Crippen molar-refractivity contribution >= 4 is 37.8 Å². The molecule has 0 aliphatic carbocycles. The molecular formula is C22H24BrN3O5S. The Bertz CT molecular complexity index is 1110. The van der Waals surface area contributed by atoms with Crippen LogP contribution in [0.3, 0.4) is 0 Å². The molecule has 0 aliphatic rings. The van der Waals surface area contributed by atoms with Crippen LogP contribution in [0, 0.1) is 10.8 Å². The van der Waals surface area contributed by atoms with E-state index in [1.165, 1.54) is 19.1 Å². The van der Waals surface area contributed by atoms with Gasteiger partial charge in [-0.05, 0) is 28.4 Å². The number of carbonyl (C=O) groups is 2. The second-order valence-corrected chi connectivity index (χ2v) is 9.00. The van der Waals surface area contributed by atoms with E-state index in [0.29, 0.717) is 6.42 Å². The maximum atomic E-state index is 12.9. The van der Waals surface area contributed by atoms with Gasteiger partial charge in [0.1, 0.15) is 11.8 Å². The number of halogens is 1. The fraction of sp³-hybridized carbons (Fsp3) is 0.273. The summed E-state index contributed by atoms with van der Waals surface area (Å²) in [5.74, 6) is 1.43. The maximum absolute atomic E-state index is 12.9. The van der Waals surface area contributed by atoms with E-state index in [0.717, 1.165) is 11.6 Å². The summed E-state index contributed by atoms with van der Waals surface area (Å²) in [6, 6.07) is 12.3. The predicted octanol–water partition coefficient (Wildman–Crippen LogP) is 1.43. The molecule has 0 saturated heterocycles. The van der Waals surface area contributed by atoms with Gasteiger partial charge in [0.05, 0.1) is 11.4 Å². The molecule has 170 valence electrons. The summed E-state index contributed by atoms with van der Waals surface area (Å²) in [6.45, 7) is 1.47. The number of rotatable bonds is 10. The predicted molar refractivity (Wildman–Crippen MR) is 124 cm³/mol. The van der Waals surface area contributed by atoms with E-state index >= 15 is 0 Å². The SMILES string of the molecule is CC(=O)NC(Cc1ccc(O)cc1S(=O)(=O)NCCc1ccccc1)C(=O)NCC#CBr. The third kappa shape index (κ3) is 8.00. The molecule has 0 aromatic heterocycles. The summed E-state index contributed by atoms with van der Waals surface area (Å²) in [6.07, 6.45) is 0.391. The van der Waals surface area contributed by atoms with Crippen molar-refractivity contribution in [3.05, 3.63) is 59.7 Å². The Hall–Kier alpha value is -2.87. The van der Waals surface area contributed by atoms with Crippen LogP contribution in [0.4, 0.5) is 0 Å². The van der Waals surface area contributed by atoms with Gasteiger partial charge in [-0.2, -0.15) is 0 Å². The van der Waals surface area contributed by atoms with Crippen LogP contribution in [-0.4, -0.2) is 44.5 Å². The van der Waals surface area contributed by atoms with E-state index in [9.17, 15) is 23.1 Å². The number of aromatic hydroxyl groups is 1. The first-order chi connectivity index (χ1) is 15.2. The summed E-state index contributed by atoms with van der Waals surface area (Å²) in [7, 11) is -3.99. The Labute approximate surface area is 196 Å². The van der Waals surface area contributed by atoms with E-state index in [-0.39, 0.29) is 35.7 Å². The van der Waals surface area contributed by atoms with Crippen LogP contribution in [0.25, 0.3) is 0 Å². The molecule has 2 amide bonds. The van der Waals surface area contributed by atoms with Crippen molar-refractivity contribution in [2.45, 2.75) is 30.7 Å². The molecule has 32 heavy (non-hydrogen) atoms. The third-order valence-corrected chi connectivity index (χ3v) is 6.25. The van der Waals surface area contributed by atoms with Gasteiger partial charge in [0.25, 0.3) is 0 Å². The fourth-order valence-electron chi connectivity index (χ4n) is 2.98. The molecule has 2 aromatic rings. The lowest BCUT2D eigenvalue weighted by Gasteiger charge is -2.19. The first kappa shape index (κ1) is 25.4. The minimum atomic E-state index is -3.99. The van der Waals surface area contributed by atoms with Crippen molar-refractivity contribution < 1.29 is 23.1 Å². The number of sulfonamides is 1. The lowest BCUT2D eigenvalue weighted by Crippen LogP contribution is -2.47. The van der Waals surface area contributed by atoms with Crippen LogP contribution >= 0.6 is 15.9 Å². The zero-order valence-corrected chi connectivity index (χ0v) is 19.8. The second-order valence-electron chi connectivity index (χ2n) is 6.87. The molecule has 8 nitrogen and oxygen atoms in total. The van der Waals surface area contributed by atoms with E-state index < -0.39 is 27.9 Å². The molecule has 0 spiro atoms. The molecule has 0 saturated carbocycles. The average Bonchev–Trinajstić information content (AvgIpc) is 2.74. The smallest absolute Gasteiger partial charge is 0.243 e. The van der Waals surface area contributed by atoms with Gasteiger partial charge < -0.3 is 15.7 Å². The number of phenolic OH excluding ortho intramolecular Hbond substituents is 1. The van der Waals surface area contributed by atoms with Crippen LogP contribution in [0.15, 0.2) is 53.4 Å². The monoisotopic (exact) mass is 521 g/mol. The zero-order chi connectivity index (χ0) is 23.6. The largest absolute Gasteiger partial charge is 0.508 e. The number of hydrogen-bond donors (Lipinski definition) is 4. The second kappa shape index (κ2) is 12.2. The molecule has 1 unspecified atom stereocenters. The van der Waals surface area contributed by atoms with Gasteiger partial charge in [-0.3, -0.25) is 9.59 Å². The van der Waals surface area contributed by atoms with Gasteiger partial charge in [0.15, 0.2) is 0 Å². The zero-order valence-electron chi connectivity index (χ0n) is 17.4. The molecular weight excluding hydrogens is 498 g/mol. The molecule has 0 fully saturated rings. The van der Waals surface area contributed by atoms with Crippen LogP contribution in [0.5, 0.6) is 5.75 Å². The number of amides is 2. The van der Waals surface area contributed by atoms with E-state index in [1.54, 1.807) is 0 Å². The van der Waals surface area contributed by atoms with Crippen molar-refractivity contribution in [3.8, 4) is 16.5 Å². The quantitative estimate of drug-likeness (QED) is 0.352. The highest BCUT2D eigenvalue weighted by atomic mass is 79.9. The minimum Gasteiger partial charge on any atom is -0.508 e. The molecule has 2 rings (SSSR count). The van der Waals surface area contributed by atoms with E-state index in [2.05, 4.69) is 42.0 Å². The molecule has 0 bridgehead atoms. The van der Waals surface area contributed by atoms with Gasteiger partial charge in [-0.1, -0.05) is 42.3 Å². The number of nitrogens with one attached hydrogen (secondary N) is 3. The lowest BCUT2D eigenvalue weighted by atomic mass is 10.0. The van der Waals surface area contributed by atoms with Crippen LogP contribution < -0.4 is 15.4 Å². The topological polar surface area (TPSA) is 125 Å².